The molecule has 82 valence electrons. The van der Waals surface area contributed by atoms with Gasteiger partial charge in [-0.25, -0.2) is 4.79 Å². The molecule has 5 nitrogen and oxygen atoms in total. The van der Waals surface area contributed by atoms with Crippen molar-refractivity contribution in [1.29, 1.82) is 0 Å². The third-order valence-corrected chi connectivity index (χ3v) is 3.01. The normalized spacial score (nSPS) is 28.9. The molecule has 5 heteroatoms. The highest BCUT2D eigenvalue weighted by molar-refractivity contribution is 5.84. The van der Waals surface area contributed by atoms with Gasteiger partial charge in [-0.3, -0.25) is 0 Å². The SMILES string of the molecule is CCOC(=O)c1noc(C2[C@@H](C)[C@H]2C)n1. The molecule has 1 saturated carbocycles. The topological polar surface area (TPSA) is 65.2 Å². The van der Waals surface area contributed by atoms with Gasteiger partial charge in [0.25, 0.3) is 5.82 Å². The minimum atomic E-state index is -0.520. The molecule has 0 aromatic carbocycles. The van der Waals surface area contributed by atoms with Crippen molar-refractivity contribution >= 4 is 5.97 Å². The monoisotopic (exact) mass is 210 g/mol. The van der Waals surface area contributed by atoms with Crippen molar-refractivity contribution in [2.24, 2.45) is 11.8 Å². The van der Waals surface area contributed by atoms with E-state index in [2.05, 4.69) is 24.0 Å². The predicted molar refractivity (Wildman–Crippen MR) is 51.3 cm³/mol. The first kappa shape index (κ1) is 10.1. The highest BCUT2D eigenvalue weighted by Gasteiger charge is 2.48. The molecule has 0 amide bonds. The van der Waals surface area contributed by atoms with Crippen LogP contribution < -0.4 is 0 Å². The van der Waals surface area contributed by atoms with Gasteiger partial charge in [0.15, 0.2) is 0 Å². The molecular formula is C10H14N2O3. The number of ether oxygens (including phenoxy) is 1. The zero-order chi connectivity index (χ0) is 11.0. The van der Waals surface area contributed by atoms with Crippen LogP contribution >= 0.6 is 0 Å². The van der Waals surface area contributed by atoms with Gasteiger partial charge in [-0.15, -0.1) is 0 Å². The number of carbonyl (C=O) groups is 1. The molecule has 1 heterocycles. The summed E-state index contributed by atoms with van der Waals surface area (Å²) in [5.41, 5.74) is 0. The largest absolute Gasteiger partial charge is 0.460 e. The Morgan fingerprint density at radius 1 is 1.47 bits per heavy atom. The second kappa shape index (κ2) is 3.64. The van der Waals surface area contributed by atoms with E-state index in [4.69, 9.17) is 9.26 Å². The van der Waals surface area contributed by atoms with Crippen LogP contribution in [0.1, 0.15) is 43.2 Å². The first-order chi connectivity index (χ1) is 7.15. The van der Waals surface area contributed by atoms with Crippen LogP contribution in [0, 0.1) is 11.8 Å². The van der Waals surface area contributed by atoms with Crippen molar-refractivity contribution in [3.05, 3.63) is 11.7 Å². The lowest BCUT2D eigenvalue weighted by atomic mass is 10.3. The lowest BCUT2D eigenvalue weighted by molar-refractivity contribution is 0.0508. The Kier molecular flexibility index (Phi) is 2.46. The van der Waals surface area contributed by atoms with Gasteiger partial charge in [-0.2, -0.15) is 4.98 Å². The van der Waals surface area contributed by atoms with E-state index in [1.165, 1.54) is 0 Å². The maximum atomic E-state index is 11.3. The molecule has 1 aromatic rings. The van der Waals surface area contributed by atoms with Gasteiger partial charge in [-0.1, -0.05) is 13.8 Å². The smallest absolute Gasteiger partial charge is 0.379 e. The van der Waals surface area contributed by atoms with Crippen LogP contribution in [0.4, 0.5) is 0 Å². The Morgan fingerprint density at radius 3 is 2.67 bits per heavy atom. The van der Waals surface area contributed by atoms with Crippen molar-refractivity contribution in [3.63, 3.8) is 0 Å². The summed E-state index contributed by atoms with van der Waals surface area (Å²) in [5.74, 6) is 1.48. The zero-order valence-electron chi connectivity index (χ0n) is 9.06. The Bertz CT molecular complexity index is 366. The Labute approximate surface area is 87.8 Å². The van der Waals surface area contributed by atoms with E-state index in [1.54, 1.807) is 6.92 Å². The number of carbonyl (C=O) groups excluding carboxylic acids is 1. The van der Waals surface area contributed by atoms with E-state index in [0.717, 1.165) is 0 Å². The van der Waals surface area contributed by atoms with Crippen LogP contribution in [0.25, 0.3) is 0 Å². The third kappa shape index (κ3) is 1.73. The van der Waals surface area contributed by atoms with Crippen molar-refractivity contribution < 1.29 is 14.1 Å². The van der Waals surface area contributed by atoms with E-state index in [1.807, 2.05) is 0 Å². The molecular weight excluding hydrogens is 196 g/mol. The first-order valence-electron chi connectivity index (χ1n) is 5.15. The molecule has 1 aromatic heterocycles. The minimum Gasteiger partial charge on any atom is -0.460 e. The van der Waals surface area contributed by atoms with Gasteiger partial charge in [0.05, 0.1) is 6.61 Å². The molecule has 2 rings (SSSR count). The van der Waals surface area contributed by atoms with E-state index in [0.29, 0.717) is 30.3 Å². The van der Waals surface area contributed by atoms with Crippen LogP contribution in [0.5, 0.6) is 0 Å². The Morgan fingerprint density at radius 2 is 2.13 bits per heavy atom. The molecule has 0 radical (unpaired) electrons. The molecule has 0 bridgehead atoms. The lowest BCUT2D eigenvalue weighted by Crippen LogP contribution is -2.06. The maximum absolute atomic E-state index is 11.3. The first-order valence-corrected chi connectivity index (χ1v) is 5.15. The molecule has 0 N–H and O–H groups in total. The fourth-order valence-electron chi connectivity index (χ4n) is 1.76. The van der Waals surface area contributed by atoms with Crippen molar-refractivity contribution in [3.8, 4) is 0 Å². The lowest BCUT2D eigenvalue weighted by Gasteiger charge is -1.93. The fourth-order valence-corrected chi connectivity index (χ4v) is 1.76. The summed E-state index contributed by atoms with van der Waals surface area (Å²) in [6, 6.07) is 0. The van der Waals surface area contributed by atoms with Crippen molar-refractivity contribution in [1.82, 2.24) is 10.1 Å². The molecule has 0 spiro atoms. The second-order valence-corrected chi connectivity index (χ2v) is 3.92. The van der Waals surface area contributed by atoms with Crippen LogP contribution in [0.2, 0.25) is 0 Å². The fraction of sp³-hybridized carbons (Fsp3) is 0.700. The summed E-state index contributed by atoms with van der Waals surface area (Å²) in [7, 11) is 0. The summed E-state index contributed by atoms with van der Waals surface area (Å²) in [6.07, 6.45) is 0. The van der Waals surface area contributed by atoms with Crippen molar-refractivity contribution in [2.75, 3.05) is 6.61 Å². The van der Waals surface area contributed by atoms with Gasteiger partial charge < -0.3 is 9.26 Å². The number of hydrogen-bond acceptors (Lipinski definition) is 5. The van der Waals surface area contributed by atoms with Crippen LogP contribution in [-0.4, -0.2) is 22.7 Å². The maximum Gasteiger partial charge on any atom is 0.379 e. The van der Waals surface area contributed by atoms with Gasteiger partial charge in [-0.05, 0) is 23.9 Å². The summed E-state index contributed by atoms with van der Waals surface area (Å²) < 4.78 is 9.81. The highest BCUT2D eigenvalue weighted by atomic mass is 16.5. The predicted octanol–water partition coefficient (Wildman–Crippen LogP) is 1.62. The molecule has 0 aliphatic heterocycles. The molecule has 0 saturated heterocycles. The van der Waals surface area contributed by atoms with Gasteiger partial charge in [0.1, 0.15) is 0 Å². The van der Waals surface area contributed by atoms with E-state index >= 15 is 0 Å². The molecule has 1 aliphatic rings. The van der Waals surface area contributed by atoms with E-state index < -0.39 is 5.97 Å². The number of esters is 1. The molecule has 15 heavy (non-hydrogen) atoms. The number of nitrogens with zero attached hydrogens (tertiary/aromatic N) is 2. The number of rotatable bonds is 3. The second-order valence-electron chi connectivity index (χ2n) is 3.92. The third-order valence-electron chi connectivity index (χ3n) is 3.01. The van der Waals surface area contributed by atoms with Gasteiger partial charge in [0, 0.05) is 5.92 Å². The summed E-state index contributed by atoms with van der Waals surface area (Å²) in [4.78, 5) is 15.3. The summed E-state index contributed by atoms with van der Waals surface area (Å²) in [5, 5.41) is 3.60. The van der Waals surface area contributed by atoms with Crippen LogP contribution in [-0.2, 0) is 4.74 Å². The average molecular weight is 210 g/mol. The average Bonchev–Trinajstić information content (AvgIpc) is 2.69. The van der Waals surface area contributed by atoms with Crippen LogP contribution in [0.15, 0.2) is 4.52 Å². The molecule has 3 atom stereocenters. The van der Waals surface area contributed by atoms with Gasteiger partial charge in [0.2, 0.25) is 5.89 Å². The molecule has 1 unspecified atom stereocenters. The van der Waals surface area contributed by atoms with Crippen LogP contribution in [0.3, 0.4) is 0 Å². The Hall–Kier alpha value is -1.39. The molecule has 1 aliphatic carbocycles. The Balaban J connectivity index is 2.08. The number of hydrogen-bond donors (Lipinski definition) is 0. The molecule has 1 fully saturated rings. The number of aromatic nitrogens is 2. The highest BCUT2D eigenvalue weighted by Crippen LogP contribution is 2.52. The van der Waals surface area contributed by atoms with E-state index in [9.17, 15) is 4.79 Å². The standard InChI is InChI=1S/C10H14N2O3/c1-4-14-10(13)8-11-9(15-12-8)7-5(2)6(7)3/h5-7H,4H2,1-3H3/t5-,6+,7?. The summed E-state index contributed by atoms with van der Waals surface area (Å²) >= 11 is 0. The van der Waals surface area contributed by atoms with Gasteiger partial charge >= 0.3 is 5.97 Å². The zero-order valence-corrected chi connectivity index (χ0v) is 9.06. The van der Waals surface area contributed by atoms with E-state index in [-0.39, 0.29) is 5.82 Å². The minimum absolute atomic E-state index is 0.0261. The summed E-state index contributed by atoms with van der Waals surface area (Å²) in [6.45, 7) is 6.32. The quantitative estimate of drug-likeness (QED) is 0.709. The van der Waals surface area contributed by atoms with Crippen molar-refractivity contribution in [2.45, 2.75) is 26.7 Å².